The average Bonchev–Trinajstić information content (AvgIpc) is 1.88. The molecule has 0 spiro atoms. The SMILES string of the molecule is O=C(O)Cc1ccccc1.[Sn]. The van der Waals surface area contributed by atoms with Gasteiger partial charge in [0.25, 0.3) is 0 Å². The number of hydrogen-bond donors (Lipinski definition) is 1. The van der Waals surface area contributed by atoms with Crippen LogP contribution in [0.5, 0.6) is 0 Å². The molecular weight excluding hydrogens is 247 g/mol. The van der Waals surface area contributed by atoms with Gasteiger partial charge in [0.2, 0.25) is 0 Å². The molecule has 1 aromatic carbocycles. The summed E-state index contributed by atoms with van der Waals surface area (Å²) in [5, 5.41) is 8.37. The van der Waals surface area contributed by atoms with Crippen LogP contribution < -0.4 is 0 Å². The molecular formula is C8H8O2Sn. The Morgan fingerprint density at radius 1 is 1.27 bits per heavy atom. The predicted molar refractivity (Wildman–Crippen MR) is 43.5 cm³/mol. The molecule has 0 unspecified atom stereocenters. The van der Waals surface area contributed by atoms with E-state index in [0.29, 0.717) is 0 Å². The van der Waals surface area contributed by atoms with E-state index >= 15 is 0 Å². The molecule has 1 N–H and O–H groups in total. The quantitative estimate of drug-likeness (QED) is 0.798. The monoisotopic (exact) mass is 256 g/mol. The zero-order chi connectivity index (χ0) is 7.40. The number of carboxylic acid groups (broad SMARTS) is 1. The normalized spacial score (nSPS) is 8.36. The molecule has 56 valence electrons. The van der Waals surface area contributed by atoms with Crippen LogP contribution in [0.3, 0.4) is 0 Å². The second kappa shape index (κ2) is 5.18. The first-order valence-corrected chi connectivity index (χ1v) is 3.05. The van der Waals surface area contributed by atoms with Crippen LogP contribution in [-0.4, -0.2) is 35.0 Å². The largest absolute Gasteiger partial charge is 0.481 e. The number of carbonyl (C=O) groups is 1. The van der Waals surface area contributed by atoms with E-state index in [4.69, 9.17) is 5.11 Å². The van der Waals surface area contributed by atoms with Gasteiger partial charge in [-0.1, -0.05) is 30.3 Å². The van der Waals surface area contributed by atoms with Gasteiger partial charge in [0.15, 0.2) is 0 Å². The van der Waals surface area contributed by atoms with Crippen molar-refractivity contribution in [3.05, 3.63) is 35.9 Å². The molecule has 0 heterocycles. The van der Waals surface area contributed by atoms with E-state index in [0.717, 1.165) is 5.56 Å². The summed E-state index contributed by atoms with van der Waals surface area (Å²) in [6, 6.07) is 9.13. The Kier molecular flexibility index (Phi) is 4.94. The summed E-state index contributed by atoms with van der Waals surface area (Å²) in [4.78, 5) is 10.2. The van der Waals surface area contributed by atoms with Crippen molar-refractivity contribution >= 4 is 29.9 Å². The van der Waals surface area contributed by atoms with Crippen LogP contribution in [0.25, 0.3) is 0 Å². The van der Waals surface area contributed by atoms with E-state index in [1.807, 2.05) is 18.2 Å². The van der Waals surface area contributed by atoms with Gasteiger partial charge in [-0.2, -0.15) is 0 Å². The number of carboxylic acids is 1. The van der Waals surface area contributed by atoms with E-state index in [2.05, 4.69) is 0 Å². The Labute approximate surface area is 82.2 Å². The van der Waals surface area contributed by atoms with Crippen molar-refractivity contribution < 1.29 is 9.90 Å². The number of rotatable bonds is 2. The van der Waals surface area contributed by atoms with Crippen LogP contribution in [0.2, 0.25) is 0 Å². The number of aliphatic carboxylic acids is 1. The van der Waals surface area contributed by atoms with Gasteiger partial charge in [0.05, 0.1) is 6.42 Å². The third-order valence-corrected chi connectivity index (χ3v) is 1.20. The van der Waals surface area contributed by atoms with Crippen LogP contribution in [0.15, 0.2) is 30.3 Å². The molecule has 0 aliphatic rings. The molecule has 1 rings (SSSR count). The van der Waals surface area contributed by atoms with Crippen LogP contribution in [0.1, 0.15) is 5.56 Å². The summed E-state index contributed by atoms with van der Waals surface area (Å²) >= 11 is 0. The van der Waals surface area contributed by atoms with Gasteiger partial charge in [0, 0.05) is 23.9 Å². The molecule has 0 atom stereocenters. The summed E-state index contributed by atoms with van der Waals surface area (Å²) in [7, 11) is 0. The molecule has 4 radical (unpaired) electrons. The Balaban J connectivity index is 0.000001000. The maximum Gasteiger partial charge on any atom is 0.307 e. The van der Waals surface area contributed by atoms with Gasteiger partial charge in [-0.3, -0.25) is 4.79 Å². The molecule has 0 saturated heterocycles. The van der Waals surface area contributed by atoms with Crippen molar-refractivity contribution in [3.63, 3.8) is 0 Å². The first kappa shape index (κ1) is 10.5. The average molecular weight is 255 g/mol. The maximum atomic E-state index is 10.2. The minimum absolute atomic E-state index is 0. The topological polar surface area (TPSA) is 37.3 Å². The molecule has 0 amide bonds. The molecule has 2 nitrogen and oxygen atoms in total. The molecule has 11 heavy (non-hydrogen) atoms. The first-order chi connectivity index (χ1) is 4.79. The Morgan fingerprint density at radius 2 is 1.82 bits per heavy atom. The van der Waals surface area contributed by atoms with E-state index in [1.54, 1.807) is 12.1 Å². The van der Waals surface area contributed by atoms with Crippen molar-refractivity contribution in [3.8, 4) is 0 Å². The van der Waals surface area contributed by atoms with Gasteiger partial charge in [-0.25, -0.2) is 0 Å². The molecule has 0 saturated carbocycles. The zero-order valence-corrected chi connectivity index (χ0v) is 8.80. The van der Waals surface area contributed by atoms with E-state index in [-0.39, 0.29) is 30.3 Å². The fraction of sp³-hybridized carbons (Fsp3) is 0.125. The third kappa shape index (κ3) is 4.03. The number of hydrogen-bond acceptors (Lipinski definition) is 1. The standard InChI is InChI=1S/C8H8O2.Sn/c9-8(10)6-7-4-2-1-3-5-7;/h1-5H,6H2,(H,9,10);. The molecule has 3 heteroatoms. The predicted octanol–water partition coefficient (Wildman–Crippen LogP) is 0.933. The van der Waals surface area contributed by atoms with Crippen molar-refractivity contribution in [1.82, 2.24) is 0 Å². The summed E-state index contributed by atoms with van der Waals surface area (Å²) < 4.78 is 0. The molecule has 0 aromatic heterocycles. The van der Waals surface area contributed by atoms with Gasteiger partial charge in [-0.05, 0) is 5.56 Å². The summed E-state index contributed by atoms with van der Waals surface area (Å²) in [5.41, 5.74) is 0.843. The van der Waals surface area contributed by atoms with Gasteiger partial charge in [-0.15, -0.1) is 0 Å². The van der Waals surface area contributed by atoms with Crippen LogP contribution in [0, 0.1) is 0 Å². The van der Waals surface area contributed by atoms with Gasteiger partial charge >= 0.3 is 5.97 Å². The van der Waals surface area contributed by atoms with E-state index < -0.39 is 5.97 Å². The molecule has 0 aliphatic carbocycles. The Hall–Kier alpha value is -0.511. The van der Waals surface area contributed by atoms with Crippen LogP contribution >= 0.6 is 0 Å². The van der Waals surface area contributed by atoms with Crippen molar-refractivity contribution in [2.45, 2.75) is 6.42 Å². The van der Waals surface area contributed by atoms with Gasteiger partial charge in [0.1, 0.15) is 0 Å². The number of benzene rings is 1. The Morgan fingerprint density at radius 3 is 2.27 bits per heavy atom. The second-order valence-corrected chi connectivity index (χ2v) is 2.06. The van der Waals surface area contributed by atoms with Gasteiger partial charge < -0.3 is 5.11 Å². The van der Waals surface area contributed by atoms with Crippen LogP contribution in [-0.2, 0) is 11.2 Å². The molecule has 0 fully saturated rings. The molecule has 1 aromatic rings. The summed E-state index contributed by atoms with van der Waals surface area (Å²) in [6.07, 6.45) is 0.112. The zero-order valence-electron chi connectivity index (χ0n) is 5.95. The van der Waals surface area contributed by atoms with E-state index in [9.17, 15) is 4.79 Å². The fourth-order valence-corrected chi connectivity index (χ4v) is 0.770. The minimum atomic E-state index is -0.786. The van der Waals surface area contributed by atoms with Crippen LogP contribution in [0.4, 0.5) is 0 Å². The Bertz CT molecular complexity index is 221. The smallest absolute Gasteiger partial charge is 0.307 e. The minimum Gasteiger partial charge on any atom is -0.481 e. The molecule has 0 bridgehead atoms. The second-order valence-electron chi connectivity index (χ2n) is 2.06. The summed E-state index contributed by atoms with van der Waals surface area (Å²) in [6.45, 7) is 0. The fourth-order valence-electron chi connectivity index (χ4n) is 0.770. The van der Waals surface area contributed by atoms with Crippen molar-refractivity contribution in [2.75, 3.05) is 0 Å². The third-order valence-electron chi connectivity index (χ3n) is 1.20. The molecule has 0 aliphatic heterocycles. The maximum absolute atomic E-state index is 10.2. The first-order valence-electron chi connectivity index (χ1n) is 3.05. The van der Waals surface area contributed by atoms with Crippen molar-refractivity contribution in [1.29, 1.82) is 0 Å². The summed E-state index contributed by atoms with van der Waals surface area (Å²) in [5.74, 6) is -0.786. The van der Waals surface area contributed by atoms with E-state index in [1.165, 1.54) is 0 Å². The van der Waals surface area contributed by atoms with Crippen molar-refractivity contribution in [2.24, 2.45) is 0 Å².